The second kappa shape index (κ2) is 5.87. The summed E-state index contributed by atoms with van der Waals surface area (Å²) >= 11 is 5.78. The number of halogens is 1. The van der Waals surface area contributed by atoms with Gasteiger partial charge in [0.15, 0.2) is 0 Å². The number of carbonyl (C=O) groups is 1. The van der Waals surface area contributed by atoms with Crippen LogP contribution in [0.4, 0.5) is 5.69 Å². The summed E-state index contributed by atoms with van der Waals surface area (Å²) in [5.74, 6) is 0.0691. The molecule has 1 atom stereocenters. The number of anilines is 1. The average Bonchev–Trinajstić information content (AvgIpc) is 2.26. The minimum Gasteiger partial charge on any atom is -0.328 e. The fourth-order valence-electron chi connectivity index (χ4n) is 1.33. The largest absolute Gasteiger partial charge is 0.328 e. The number of carbonyl (C=O) groups excluding carboxylic acids is 1. The SMILES string of the molecule is CC(N)CCC(=O)N(C)c1ccc(Cl)cc1. The molecule has 0 aliphatic carbocycles. The van der Waals surface area contributed by atoms with Gasteiger partial charge in [-0.3, -0.25) is 4.79 Å². The van der Waals surface area contributed by atoms with Crippen LogP contribution in [0.3, 0.4) is 0 Å². The fraction of sp³-hybridized carbons (Fsp3) is 0.417. The van der Waals surface area contributed by atoms with Crippen LogP contribution < -0.4 is 10.6 Å². The summed E-state index contributed by atoms with van der Waals surface area (Å²) in [7, 11) is 1.76. The Kier molecular flexibility index (Phi) is 4.77. The van der Waals surface area contributed by atoms with E-state index in [9.17, 15) is 4.79 Å². The van der Waals surface area contributed by atoms with Crippen LogP contribution in [0, 0.1) is 0 Å². The van der Waals surface area contributed by atoms with Gasteiger partial charge in [0.25, 0.3) is 0 Å². The maximum absolute atomic E-state index is 11.8. The number of hydrogen-bond acceptors (Lipinski definition) is 2. The van der Waals surface area contributed by atoms with Crippen molar-refractivity contribution in [3.8, 4) is 0 Å². The Balaban J connectivity index is 2.59. The molecule has 1 unspecified atom stereocenters. The lowest BCUT2D eigenvalue weighted by atomic mass is 10.2. The molecule has 1 aromatic rings. The van der Waals surface area contributed by atoms with Crippen molar-refractivity contribution in [2.24, 2.45) is 5.73 Å². The molecule has 3 nitrogen and oxygen atoms in total. The molecule has 0 spiro atoms. The van der Waals surface area contributed by atoms with E-state index in [2.05, 4.69) is 0 Å². The van der Waals surface area contributed by atoms with E-state index >= 15 is 0 Å². The van der Waals surface area contributed by atoms with Gasteiger partial charge >= 0.3 is 0 Å². The van der Waals surface area contributed by atoms with Gasteiger partial charge in [-0.25, -0.2) is 0 Å². The summed E-state index contributed by atoms with van der Waals surface area (Å²) in [5.41, 5.74) is 6.46. The zero-order valence-corrected chi connectivity index (χ0v) is 10.4. The van der Waals surface area contributed by atoms with Gasteiger partial charge in [-0.1, -0.05) is 11.6 Å². The maximum Gasteiger partial charge on any atom is 0.226 e. The Bertz CT molecular complexity index is 349. The van der Waals surface area contributed by atoms with Crippen molar-refractivity contribution in [1.82, 2.24) is 0 Å². The lowest BCUT2D eigenvalue weighted by Crippen LogP contribution is -2.28. The van der Waals surface area contributed by atoms with E-state index < -0.39 is 0 Å². The monoisotopic (exact) mass is 240 g/mol. The zero-order chi connectivity index (χ0) is 12.1. The molecule has 0 heterocycles. The number of rotatable bonds is 4. The van der Waals surface area contributed by atoms with Gasteiger partial charge < -0.3 is 10.6 Å². The van der Waals surface area contributed by atoms with Crippen molar-refractivity contribution in [2.45, 2.75) is 25.8 Å². The average molecular weight is 241 g/mol. The smallest absolute Gasteiger partial charge is 0.226 e. The number of benzene rings is 1. The molecular weight excluding hydrogens is 224 g/mol. The summed E-state index contributed by atoms with van der Waals surface area (Å²) in [6.45, 7) is 1.90. The number of amides is 1. The number of nitrogens with two attached hydrogens (primary N) is 1. The molecule has 88 valence electrons. The molecule has 0 saturated carbocycles. The van der Waals surface area contributed by atoms with Gasteiger partial charge in [-0.2, -0.15) is 0 Å². The molecule has 0 aliphatic rings. The Hall–Kier alpha value is -1.06. The molecule has 0 saturated heterocycles. The molecular formula is C12H17ClN2O. The molecule has 0 aliphatic heterocycles. The molecule has 16 heavy (non-hydrogen) atoms. The van der Waals surface area contributed by atoms with Crippen LogP contribution in [0.2, 0.25) is 5.02 Å². The van der Waals surface area contributed by atoms with E-state index in [4.69, 9.17) is 17.3 Å². The maximum atomic E-state index is 11.8. The van der Waals surface area contributed by atoms with Crippen molar-refractivity contribution in [3.63, 3.8) is 0 Å². The molecule has 0 radical (unpaired) electrons. The van der Waals surface area contributed by atoms with Crippen LogP contribution in [0.25, 0.3) is 0 Å². The van der Waals surface area contributed by atoms with E-state index in [0.717, 1.165) is 5.69 Å². The normalized spacial score (nSPS) is 12.2. The van der Waals surface area contributed by atoms with E-state index in [1.54, 1.807) is 24.1 Å². The highest BCUT2D eigenvalue weighted by atomic mass is 35.5. The molecule has 1 rings (SSSR count). The highest BCUT2D eigenvalue weighted by Gasteiger charge is 2.11. The summed E-state index contributed by atoms with van der Waals surface area (Å²) in [6, 6.07) is 7.25. The van der Waals surface area contributed by atoms with Crippen LogP contribution in [-0.2, 0) is 4.79 Å². The van der Waals surface area contributed by atoms with E-state index in [1.807, 2.05) is 19.1 Å². The van der Waals surface area contributed by atoms with Crippen LogP contribution >= 0.6 is 11.6 Å². The lowest BCUT2D eigenvalue weighted by molar-refractivity contribution is -0.118. The van der Waals surface area contributed by atoms with Crippen molar-refractivity contribution >= 4 is 23.2 Å². The standard InChI is InChI=1S/C12H17ClN2O/c1-9(14)3-8-12(16)15(2)11-6-4-10(13)5-7-11/h4-7,9H,3,8,14H2,1-2H3. The van der Waals surface area contributed by atoms with Gasteiger partial charge in [-0.15, -0.1) is 0 Å². The molecule has 0 fully saturated rings. The number of nitrogens with zero attached hydrogens (tertiary/aromatic N) is 1. The predicted molar refractivity (Wildman–Crippen MR) is 67.7 cm³/mol. The van der Waals surface area contributed by atoms with Crippen LogP contribution in [-0.4, -0.2) is 19.0 Å². The topological polar surface area (TPSA) is 46.3 Å². The van der Waals surface area contributed by atoms with Gasteiger partial charge in [-0.05, 0) is 37.6 Å². The molecule has 1 aromatic carbocycles. The highest BCUT2D eigenvalue weighted by molar-refractivity contribution is 6.30. The van der Waals surface area contributed by atoms with Crippen LogP contribution in [0.15, 0.2) is 24.3 Å². The van der Waals surface area contributed by atoms with Crippen LogP contribution in [0.5, 0.6) is 0 Å². The second-order valence-electron chi connectivity index (χ2n) is 3.95. The molecule has 1 amide bonds. The quantitative estimate of drug-likeness (QED) is 0.879. The molecule has 0 aromatic heterocycles. The van der Waals surface area contributed by atoms with E-state index in [1.165, 1.54) is 0 Å². The minimum absolute atomic E-state index is 0.0579. The van der Waals surface area contributed by atoms with Crippen molar-refractivity contribution < 1.29 is 4.79 Å². The van der Waals surface area contributed by atoms with Crippen LogP contribution in [0.1, 0.15) is 19.8 Å². The molecule has 0 bridgehead atoms. The van der Waals surface area contributed by atoms with Gasteiger partial charge in [0.05, 0.1) is 0 Å². The summed E-state index contributed by atoms with van der Waals surface area (Å²) in [4.78, 5) is 13.4. The van der Waals surface area contributed by atoms with Gasteiger partial charge in [0, 0.05) is 30.2 Å². The highest BCUT2D eigenvalue weighted by Crippen LogP contribution is 2.17. The van der Waals surface area contributed by atoms with Crippen molar-refractivity contribution in [2.75, 3.05) is 11.9 Å². The second-order valence-corrected chi connectivity index (χ2v) is 4.38. The summed E-state index contributed by atoms with van der Waals surface area (Å²) in [6.07, 6.45) is 1.17. The Morgan fingerprint density at radius 3 is 2.50 bits per heavy atom. The van der Waals surface area contributed by atoms with Gasteiger partial charge in [0.2, 0.25) is 5.91 Å². The van der Waals surface area contributed by atoms with Gasteiger partial charge in [0.1, 0.15) is 0 Å². The molecule has 2 N–H and O–H groups in total. The van der Waals surface area contributed by atoms with E-state index in [-0.39, 0.29) is 11.9 Å². The third-order valence-electron chi connectivity index (χ3n) is 2.40. The Morgan fingerprint density at radius 1 is 1.44 bits per heavy atom. The number of hydrogen-bond donors (Lipinski definition) is 1. The first kappa shape index (κ1) is 13.0. The van der Waals surface area contributed by atoms with Crippen molar-refractivity contribution in [3.05, 3.63) is 29.3 Å². The third kappa shape index (κ3) is 3.83. The summed E-state index contributed by atoms with van der Waals surface area (Å²) < 4.78 is 0. The van der Waals surface area contributed by atoms with E-state index in [0.29, 0.717) is 17.9 Å². The first-order chi connectivity index (χ1) is 7.50. The van der Waals surface area contributed by atoms with Crippen molar-refractivity contribution in [1.29, 1.82) is 0 Å². The summed E-state index contributed by atoms with van der Waals surface area (Å²) in [5, 5.41) is 0.667. The fourth-order valence-corrected chi connectivity index (χ4v) is 1.45. The first-order valence-electron chi connectivity index (χ1n) is 5.28. The Morgan fingerprint density at radius 2 is 2.00 bits per heavy atom. The first-order valence-corrected chi connectivity index (χ1v) is 5.66. The predicted octanol–water partition coefficient (Wildman–Crippen LogP) is 2.43. The Labute approximate surface area is 101 Å². The third-order valence-corrected chi connectivity index (χ3v) is 2.65. The molecule has 4 heteroatoms. The minimum atomic E-state index is 0.0579. The lowest BCUT2D eigenvalue weighted by Gasteiger charge is -2.17. The zero-order valence-electron chi connectivity index (χ0n) is 9.61.